The van der Waals surface area contributed by atoms with Gasteiger partial charge in [0.05, 0.1) is 22.3 Å². The van der Waals surface area contributed by atoms with Crippen LogP contribution in [0.5, 0.6) is 0 Å². The summed E-state index contributed by atoms with van der Waals surface area (Å²) in [4.78, 5) is 12.2. The summed E-state index contributed by atoms with van der Waals surface area (Å²) in [5.41, 5.74) is 1.81. The second kappa shape index (κ2) is 10.7. The molecule has 1 N–H and O–H groups in total. The van der Waals surface area contributed by atoms with Gasteiger partial charge in [0.2, 0.25) is 0 Å². The number of nitrogens with zero attached hydrogens (tertiary/aromatic N) is 4. The molecule has 1 unspecified atom stereocenters. The Morgan fingerprint density at radius 3 is 2.73 bits per heavy atom. The number of aromatic amines is 1. The number of nitrogens with one attached hydrogen (secondary N) is 1. The van der Waals surface area contributed by atoms with E-state index in [0.717, 1.165) is 39.8 Å². The van der Waals surface area contributed by atoms with E-state index in [1.54, 1.807) is 35.7 Å². The minimum atomic E-state index is -3.28. The van der Waals surface area contributed by atoms with Crippen LogP contribution in [0.4, 0.5) is 5.69 Å². The van der Waals surface area contributed by atoms with E-state index in [2.05, 4.69) is 56.3 Å². The lowest BCUT2D eigenvalue weighted by atomic mass is 10.2. The van der Waals surface area contributed by atoms with Gasteiger partial charge in [0.25, 0.3) is 0 Å². The molecule has 4 aromatic rings. The summed E-state index contributed by atoms with van der Waals surface area (Å²) in [6.45, 7) is 1.52. The van der Waals surface area contributed by atoms with Crippen LogP contribution < -0.4 is 5.01 Å². The molecule has 0 fully saturated rings. The van der Waals surface area contributed by atoms with Crippen LogP contribution in [0.25, 0.3) is 10.4 Å². The number of H-pyrrole nitrogens is 1. The Hall–Kier alpha value is -3.11. The summed E-state index contributed by atoms with van der Waals surface area (Å²) in [5, 5.41) is 5.07. The van der Waals surface area contributed by atoms with Crippen molar-refractivity contribution in [1.82, 2.24) is 19.9 Å². The van der Waals surface area contributed by atoms with Crippen molar-refractivity contribution >= 4 is 38.5 Å². The van der Waals surface area contributed by atoms with E-state index >= 15 is 0 Å². The second-order valence-electron chi connectivity index (χ2n) is 9.03. The van der Waals surface area contributed by atoms with Crippen molar-refractivity contribution in [2.45, 2.75) is 17.4 Å². The third kappa shape index (κ3) is 5.75. The lowest BCUT2D eigenvalue weighted by molar-refractivity contribution is 0.195. The molecule has 0 amide bonds. The predicted molar refractivity (Wildman–Crippen MR) is 150 cm³/mol. The second-order valence-corrected chi connectivity index (χ2v) is 12.6. The molecule has 2 aromatic carbocycles. The minimum Gasteiger partial charge on any atom is -0.349 e. The van der Waals surface area contributed by atoms with Gasteiger partial charge in [-0.05, 0) is 55.1 Å². The number of benzene rings is 2. The van der Waals surface area contributed by atoms with Crippen LogP contribution >= 0.6 is 22.9 Å². The van der Waals surface area contributed by atoms with Crippen LogP contribution in [-0.4, -0.2) is 54.8 Å². The molecule has 0 radical (unpaired) electrons. The number of rotatable bonds is 9. The highest BCUT2D eigenvalue weighted by Gasteiger charge is 2.31. The Morgan fingerprint density at radius 1 is 1.14 bits per heavy atom. The Kier molecular flexibility index (Phi) is 7.39. The van der Waals surface area contributed by atoms with E-state index in [4.69, 9.17) is 11.6 Å². The van der Waals surface area contributed by atoms with Crippen molar-refractivity contribution in [3.63, 3.8) is 0 Å². The molecule has 1 aliphatic heterocycles. The number of hydrogen-bond acceptors (Lipinski definition) is 7. The largest absolute Gasteiger partial charge is 0.349 e. The zero-order valence-electron chi connectivity index (χ0n) is 20.6. The number of hydrogen-bond donors (Lipinski definition) is 1. The first-order valence-electron chi connectivity index (χ1n) is 11.9. The monoisotopic (exact) mass is 553 g/mol. The van der Waals surface area contributed by atoms with Gasteiger partial charge in [-0.2, -0.15) is 0 Å². The standard InChI is InChI=1S/C27H28ClN5O2S2/c1-31(16-13-27-29-14-15-30-27)19-32-17-12-24(33(32)23-9-4-3-8-22(23)28)26-11-10-25(36-26)20-6-5-7-21(18-20)37(2,34)35/h3-12,14-15,17-18,24H,13,16,19H2,1-2H3,(H,29,30). The highest BCUT2D eigenvalue weighted by molar-refractivity contribution is 7.90. The average Bonchev–Trinajstić information content (AvgIpc) is 3.64. The first-order valence-corrected chi connectivity index (χ1v) is 14.9. The SMILES string of the molecule is CN(CCc1ncc[nH]1)CN1C=CC(c2ccc(-c3cccc(S(C)(=O)=O)c3)s2)N1c1ccccc1Cl. The third-order valence-corrected chi connectivity index (χ3v) is 8.85. The van der Waals surface area contributed by atoms with Gasteiger partial charge in [0, 0.05) is 47.6 Å². The Labute approximate surface area is 226 Å². The number of para-hydroxylation sites is 1. The quantitative estimate of drug-likeness (QED) is 0.290. The molecule has 1 aliphatic rings. The molecule has 0 aliphatic carbocycles. The van der Waals surface area contributed by atoms with E-state index in [1.807, 2.05) is 36.5 Å². The first kappa shape index (κ1) is 25.5. The minimum absolute atomic E-state index is 0.0461. The fraction of sp³-hybridized carbons (Fsp3) is 0.222. The van der Waals surface area contributed by atoms with E-state index in [0.29, 0.717) is 16.6 Å². The molecule has 10 heteroatoms. The lowest BCUT2D eigenvalue weighted by Gasteiger charge is -2.37. The van der Waals surface area contributed by atoms with Crippen LogP contribution in [-0.2, 0) is 16.3 Å². The van der Waals surface area contributed by atoms with Crippen LogP contribution in [0.3, 0.4) is 0 Å². The number of aromatic nitrogens is 2. The van der Waals surface area contributed by atoms with Gasteiger partial charge < -0.3 is 4.98 Å². The topological polar surface area (TPSA) is 72.5 Å². The molecule has 2 aromatic heterocycles. The zero-order valence-corrected chi connectivity index (χ0v) is 23.0. The maximum absolute atomic E-state index is 12.1. The number of likely N-dealkylation sites (N-methyl/N-ethyl adjacent to an activating group) is 1. The number of imidazole rings is 1. The van der Waals surface area contributed by atoms with Gasteiger partial charge in [0.15, 0.2) is 9.84 Å². The number of sulfone groups is 1. The molecule has 0 spiro atoms. The van der Waals surface area contributed by atoms with Crippen molar-refractivity contribution in [2.75, 3.05) is 31.5 Å². The highest BCUT2D eigenvalue weighted by atomic mass is 35.5. The van der Waals surface area contributed by atoms with E-state index in [-0.39, 0.29) is 6.04 Å². The first-order chi connectivity index (χ1) is 17.8. The van der Waals surface area contributed by atoms with Crippen molar-refractivity contribution in [3.8, 4) is 10.4 Å². The van der Waals surface area contributed by atoms with Gasteiger partial charge in [-0.3, -0.25) is 14.9 Å². The molecule has 3 heterocycles. The molecule has 0 saturated heterocycles. The van der Waals surface area contributed by atoms with Crippen LogP contribution in [0, 0.1) is 0 Å². The molecule has 0 saturated carbocycles. The van der Waals surface area contributed by atoms with Crippen molar-refractivity contribution in [1.29, 1.82) is 0 Å². The molecule has 192 valence electrons. The normalized spacial score (nSPS) is 15.7. The van der Waals surface area contributed by atoms with Gasteiger partial charge >= 0.3 is 0 Å². The number of anilines is 1. The van der Waals surface area contributed by atoms with Crippen LogP contribution in [0.2, 0.25) is 5.02 Å². The summed E-state index contributed by atoms with van der Waals surface area (Å²) in [6, 6.07) is 19.1. The summed E-state index contributed by atoms with van der Waals surface area (Å²) >= 11 is 8.33. The highest BCUT2D eigenvalue weighted by Crippen LogP contribution is 2.42. The van der Waals surface area contributed by atoms with Crippen LogP contribution in [0.1, 0.15) is 16.7 Å². The summed E-state index contributed by atoms with van der Waals surface area (Å²) in [7, 11) is -1.19. The van der Waals surface area contributed by atoms with Gasteiger partial charge in [-0.25, -0.2) is 13.4 Å². The van der Waals surface area contributed by atoms with Gasteiger partial charge in [-0.15, -0.1) is 11.3 Å². The van der Waals surface area contributed by atoms with Crippen molar-refractivity contribution < 1.29 is 8.42 Å². The smallest absolute Gasteiger partial charge is 0.175 e. The number of hydrazine groups is 1. The Morgan fingerprint density at radius 2 is 1.97 bits per heavy atom. The number of halogens is 1. The van der Waals surface area contributed by atoms with Crippen LogP contribution in [0.15, 0.2) is 90.2 Å². The molecule has 37 heavy (non-hydrogen) atoms. The fourth-order valence-corrected chi connectivity index (χ4v) is 6.31. The zero-order chi connectivity index (χ0) is 26.0. The van der Waals surface area contributed by atoms with Crippen molar-refractivity contribution in [3.05, 3.63) is 101 Å². The molecular formula is C27H28ClN5O2S2. The molecule has 7 nitrogen and oxygen atoms in total. The fourth-order valence-electron chi connectivity index (χ4n) is 4.35. The van der Waals surface area contributed by atoms with Gasteiger partial charge in [0.1, 0.15) is 11.9 Å². The van der Waals surface area contributed by atoms with Gasteiger partial charge in [-0.1, -0.05) is 35.9 Å². The summed E-state index contributed by atoms with van der Waals surface area (Å²) in [6.07, 6.45) is 9.95. The predicted octanol–water partition coefficient (Wildman–Crippen LogP) is 5.62. The maximum atomic E-state index is 12.1. The molecule has 5 rings (SSSR count). The molecule has 0 bridgehead atoms. The van der Waals surface area contributed by atoms with E-state index in [1.165, 1.54) is 6.26 Å². The van der Waals surface area contributed by atoms with E-state index < -0.39 is 9.84 Å². The summed E-state index contributed by atoms with van der Waals surface area (Å²) in [5.74, 6) is 0.968. The Bertz CT molecular complexity index is 1500. The van der Waals surface area contributed by atoms with E-state index in [9.17, 15) is 8.42 Å². The molecule has 1 atom stereocenters. The summed E-state index contributed by atoms with van der Waals surface area (Å²) < 4.78 is 24.1. The molecular weight excluding hydrogens is 526 g/mol. The maximum Gasteiger partial charge on any atom is 0.175 e. The average molecular weight is 554 g/mol. The van der Waals surface area contributed by atoms with Crippen molar-refractivity contribution in [2.24, 2.45) is 0 Å². The third-order valence-electron chi connectivity index (χ3n) is 6.22. The number of thiophene rings is 1. The Balaban J connectivity index is 1.40. The lowest BCUT2D eigenvalue weighted by Crippen LogP contribution is -2.43.